The first-order valence-corrected chi connectivity index (χ1v) is 13.2. The van der Waals surface area contributed by atoms with E-state index >= 15 is 0 Å². The van der Waals surface area contributed by atoms with Crippen LogP contribution < -0.4 is 4.90 Å². The van der Waals surface area contributed by atoms with Crippen molar-refractivity contribution in [2.24, 2.45) is 0 Å². The molecule has 2 heteroatoms. The van der Waals surface area contributed by atoms with Crippen LogP contribution in [0.5, 0.6) is 0 Å². The zero-order chi connectivity index (χ0) is 26.2. The zero-order valence-corrected chi connectivity index (χ0v) is 21.3. The average Bonchev–Trinajstić information content (AvgIpc) is 3.30. The highest BCUT2D eigenvalue weighted by Gasteiger charge is 2.27. The predicted molar refractivity (Wildman–Crippen MR) is 161 cm³/mol. The van der Waals surface area contributed by atoms with E-state index in [1.54, 1.807) is 0 Å². The minimum Gasteiger partial charge on any atom is -0.310 e. The SMILES string of the molecule is O=C1c2ccccc2-c2ccc(N(c3ccc(-c4ccccc4)cc3)c3ccc(-c4ccccc4)cc3)cc21. The van der Waals surface area contributed by atoms with Gasteiger partial charge in [0.05, 0.1) is 0 Å². The Hall–Kier alpha value is -5.21. The van der Waals surface area contributed by atoms with Crippen LogP contribution in [0, 0.1) is 0 Å². The molecular weight excluding hydrogens is 474 g/mol. The van der Waals surface area contributed by atoms with Crippen molar-refractivity contribution in [3.05, 3.63) is 163 Å². The van der Waals surface area contributed by atoms with E-state index in [0.717, 1.165) is 39.3 Å². The highest BCUT2D eigenvalue weighted by molar-refractivity contribution is 6.22. The van der Waals surface area contributed by atoms with E-state index in [2.05, 4.69) is 114 Å². The van der Waals surface area contributed by atoms with Gasteiger partial charge in [0.2, 0.25) is 0 Å². The van der Waals surface area contributed by atoms with E-state index in [1.165, 1.54) is 22.3 Å². The quantitative estimate of drug-likeness (QED) is 0.235. The Kier molecular flexibility index (Phi) is 5.64. The standard InChI is InChI=1S/C37H25NO/c39-37-35-14-8-7-13-33(35)34-24-23-32(25-36(34)37)38(30-19-15-28(16-20-30)26-9-3-1-4-10-26)31-21-17-29(18-22-31)27-11-5-2-6-12-27/h1-25H. The number of nitrogens with zero attached hydrogens (tertiary/aromatic N) is 1. The number of ketones is 1. The summed E-state index contributed by atoms with van der Waals surface area (Å²) >= 11 is 0. The van der Waals surface area contributed by atoms with E-state index < -0.39 is 0 Å². The number of fused-ring (bicyclic) bond motifs is 3. The Morgan fingerprint density at radius 2 is 0.744 bits per heavy atom. The smallest absolute Gasteiger partial charge is 0.194 e. The van der Waals surface area contributed by atoms with Gasteiger partial charge in [-0.25, -0.2) is 0 Å². The van der Waals surface area contributed by atoms with Crippen molar-refractivity contribution in [2.45, 2.75) is 0 Å². The van der Waals surface area contributed by atoms with Crippen molar-refractivity contribution in [3.63, 3.8) is 0 Å². The van der Waals surface area contributed by atoms with E-state index in [9.17, 15) is 4.79 Å². The van der Waals surface area contributed by atoms with Crippen molar-refractivity contribution in [2.75, 3.05) is 4.90 Å². The van der Waals surface area contributed by atoms with Gasteiger partial charge < -0.3 is 4.90 Å². The van der Waals surface area contributed by atoms with Gasteiger partial charge in [0, 0.05) is 28.2 Å². The number of hydrogen-bond donors (Lipinski definition) is 0. The van der Waals surface area contributed by atoms with E-state index in [0.29, 0.717) is 0 Å². The molecule has 39 heavy (non-hydrogen) atoms. The van der Waals surface area contributed by atoms with Gasteiger partial charge >= 0.3 is 0 Å². The van der Waals surface area contributed by atoms with Gasteiger partial charge in [-0.3, -0.25) is 4.79 Å². The maximum atomic E-state index is 13.3. The van der Waals surface area contributed by atoms with Gasteiger partial charge in [0.15, 0.2) is 5.78 Å². The van der Waals surface area contributed by atoms with Crippen molar-refractivity contribution < 1.29 is 4.79 Å². The van der Waals surface area contributed by atoms with Crippen LogP contribution in [0.1, 0.15) is 15.9 Å². The first-order valence-electron chi connectivity index (χ1n) is 13.2. The molecule has 0 saturated heterocycles. The summed E-state index contributed by atoms with van der Waals surface area (Å²) < 4.78 is 0. The molecule has 0 heterocycles. The molecule has 7 rings (SSSR count). The van der Waals surface area contributed by atoms with Crippen molar-refractivity contribution in [1.82, 2.24) is 0 Å². The summed E-state index contributed by atoms with van der Waals surface area (Å²) in [7, 11) is 0. The Morgan fingerprint density at radius 1 is 0.333 bits per heavy atom. The lowest BCUT2D eigenvalue weighted by molar-refractivity contribution is 0.104. The van der Waals surface area contributed by atoms with Crippen LogP contribution in [0.2, 0.25) is 0 Å². The van der Waals surface area contributed by atoms with Crippen LogP contribution in [0.4, 0.5) is 17.1 Å². The molecule has 0 spiro atoms. The fraction of sp³-hybridized carbons (Fsp3) is 0. The third-order valence-corrected chi connectivity index (χ3v) is 7.43. The van der Waals surface area contributed by atoms with Crippen LogP contribution >= 0.6 is 0 Å². The molecule has 184 valence electrons. The summed E-state index contributed by atoms with van der Waals surface area (Å²) in [6.07, 6.45) is 0. The number of benzene rings is 6. The van der Waals surface area contributed by atoms with Crippen molar-refractivity contribution in [3.8, 4) is 33.4 Å². The van der Waals surface area contributed by atoms with Crippen LogP contribution in [0.25, 0.3) is 33.4 Å². The average molecular weight is 500 g/mol. The van der Waals surface area contributed by atoms with Crippen molar-refractivity contribution in [1.29, 1.82) is 0 Å². The lowest BCUT2D eigenvalue weighted by atomic mass is 10.0. The Balaban J connectivity index is 1.32. The van der Waals surface area contributed by atoms with Crippen molar-refractivity contribution >= 4 is 22.8 Å². The maximum Gasteiger partial charge on any atom is 0.194 e. The molecule has 0 bridgehead atoms. The van der Waals surface area contributed by atoms with E-state index in [1.807, 2.05) is 42.5 Å². The second-order valence-corrected chi connectivity index (χ2v) is 9.77. The number of rotatable bonds is 5. The zero-order valence-electron chi connectivity index (χ0n) is 21.3. The Labute approximate surface area is 228 Å². The van der Waals surface area contributed by atoms with E-state index in [4.69, 9.17) is 0 Å². The maximum absolute atomic E-state index is 13.3. The second-order valence-electron chi connectivity index (χ2n) is 9.77. The second kappa shape index (κ2) is 9.59. The molecule has 1 aliphatic rings. The monoisotopic (exact) mass is 499 g/mol. The summed E-state index contributed by atoms with van der Waals surface area (Å²) in [6, 6.07) is 52.1. The third kappa shape index (κ3) is 4.13. The molecule has 0 aromatic heterocycles. The Morgan fingerprint density at radius 3 is 1.28 bits per heavy atom. The van der Waals surface area contributed by atoms with Crippen LogP contribution in [-0.4, -0.2) is 5.78 Å². The third-order valence-electron chi connectivity index (χ3n) is 7.43. The normalized spacial score (nSPS) is 11.6. The van der Waals surface area contributed by atoms with Gasteiger partial charge in [-0.05, 0) is 69.8 Å². The molecule has 2 nitrogen and oxygen atoms in total. The molecule has 0 saturated carbocycles. The number of carbonyl (C=O) groups excluding carboxylic acids is 1. The van der Waals surface area contributed by atoms with Crippen LogP contribution in [-0.2, 0) is 0 Å². The van der Waals surface area contributed by atoms with Gasteiger partial charge in [-0.15, -0.1) is 0 Å². The molecule has 0 aliphatic heterocycles. The van der Waals surface area contributed by atoms with E-state index in [-0.39, 0.29) is 5.78 Å². The summed E-state index contributed by atoms with van der Waals surface area (Å²) in [6.45, 7) is 0. The lowest BCUT2D eigenvalue weighted by Crippen LogP contribution is -2.10. The van der Waals surface area contributed by atoms with Gasteiger partial charge in [0.1, 0.15) is 0 Å². The fourth-order valence-electron chi connectivity index (χ4n) is 5.47. The largest absolute Gasteiger partial charge is 0.310 e. The first-order chi connectivity index (χ1) is 19.3. The van der Waals surface area contributed by atoms with Gasteiger partial charge in [-0.2, -0.15) is 0 Å². The molecule has 0 radical (unpaired) electrons. The lowest BCUT2D eigenvalue weighted by Gasteiger charge is -2.26. The molecule has 0 N–H and O–H groups in total. The summed E-state index contributed by atoms with van der Waals surface area (Å²) in [5.74, 6) is 0.0845. The molecule has 6 aromatic rings. The van der Waals surface area contributed by atoms with Crippen LogP contribution in [0.15, 0.2) is 152 Å². The molecule has 0 unspecified atom stereocenters. The highest BCUT2D eigenvalue weighted by Crippen LogP contribution is 2.42. The minimum absolute atomic E-state index is 0.0845. The van der Waals surface area contributed by atoms with Gasteiger partial charge in [-0.1, -0.05) is 115 Å². The van der Waals surface area contributed by atoms with Gasteiger partial charge in [0.25, 0.3) is 0 Å². The predicted octanol–water partition coefficient (Wildman–Crippen LogP) is 9.70. The minimum atomic E-state index is 0.0845. The molecule has 0 amide bonds. The number of carbonyl (C=O) groups is 1. The summed E-state index contributed by atoms with van der Waals surface area (Å²) in [5.41, 5.74) is 11.2. The molecule has 0 atom stereocenters. The summed E-state index contributed by atoms with van der Waals surface area (Å²) in [4.78, 5) is 15.5. The van der Waals surface area contributed by atoms with Crippen LogP contribution in [0.3, 0.4) is 0 Å². The molecule has 6 aromatic carbocycles. The summed E-state index contributed by atoms with van der Waals surface area (Å²) in [5, 5.41) is 0. The number of hydrogen-bond acceptors (Lipinski definition) is 2. The molecule has 0 fully saturated rings. The first kappa shape index (κ1) is 22.9. The molecule has 1 aliphatic carbocycles. The highest BCUT2D eigenvalue weighted by atomic mass is 16.1. The topological polar surface area (TPSA) is 20.3 Å². The number of anilines is 3. The molecular formula is C37H25NO. The Bertz CT molecular complexity index is 1700. The fourth-order valence-corrected chi connectivity index (χ4v) is 5.47.